The first kappa shape index (κ1) is 20.4. The topological polar surface area (TPSA) is 110 Å². The van der Waals surface area contributed by atoms with Crippen molar-refractivity contribution >= 4 is 46.2 Å². The number of esters is 1. The number of nitrogens with zero attached hydrogens (tertiary/aromatic N) is 2. The van der Waals surface area contributed by atoms with Crippen molar-refractivity contribution in [3.63, 3.8) is 0 Å². The lowest BCUT2D eigenvalue weighted by atomic mass is 9.49. The number of aromatic nitrogens is 2. The Labute approximate surface area is 184 Å². The number of fused-ring (bicyclic) bond motifs is 1. The van der Waals surface area contributed by atoms with E-state index in [1.807, 2.05) is 6.07 Å². The first-order valence-corrected chi connectivity index (χ1v) is 11.7. The number of hydrogen-bond acceptors (Lipinski definition) is 7. The first-order valence-electron chi connectivity index (χ1n) is 11.0. The van der Waals surface area contributed by atoms with Gasteiger partial charge in [-0.25, -0.2) is 0 Å². The molecular formula is C22H26N4O4S. The number of rotatable bonds is 7. The van der Waals surface area contributed by atoms with Crippen LogP contribution in [-0.4, -0.2) is 39.7 Å². The van der Waals surface area contributed by atoms with E-state index in [4.69, 9.17) is 4.74 Å². The smallest absolute Gasteiger partial charge is 0.308 e. The van der Waals surface area contributed by atoms with Gasteiger partial charge in [0.15, 0.2) is 6.61 Å². The van der Waals surface area contributed by atoms with Crippen LogP contribution in [0.3, 0.4) is 0 Å². The Hall–Kier alpha value is -2.55. The molecule has 0 radical (unpaired) electrons. The van der Waals surface area contributed by atoms with Crippen LogP contribution in [0.5, 0.6) is 0 Å². The van der Waals surface area contributed by atoms with Crippen molar-refractivity contribution in [2.24, 2.45) is 23.2 Å². The standard InChI is InChI=1S/C22H26N4O4S/c27-18(24-16-2-1-3-17-20(16)26-31-25-17)12-30-19(28)4-5-23-21(29)22-9-13-6-14(10-22)8-15(7-13)11-22/h1-3,13-15H,4-12H2,(H,23,29)(H,24,27). The Balaban J connectivity index is 1.05. The molecule has 0 atom stereocenters. The maximum atomic E-state index is 12.9. The highest BCUT2D eigenvalue weighted by Crippen LogP contribution is 2.60. The Kier molecular flexibility index (Phi) is 5.37. The largest absolute Gasteiger partial charge is 0.456 e. The average molecular weight is 443 g/mol. The van der Waals surface area contributed by atoms with Gasteiger partial charge in [-0.05, 0) is 68.4 Å². The van der Waals surface area contributed by atoms with E-state index in [1.54, 1.807) is 12.1 Å². The van der Waals surface area contributed by atoms with Crippen molar-refractivity contribution in [2.45, 2.75) is 44.9 Å². The van der Waals surface area contributed by atoms with E-state index in [-0.39, 0.29) is 30.9 Å². The van der Waals surface area contributed by atoms with Crippen molar-refractivity contribution in [1.29, 1.82) is 0 Å². The summed E-state index contributed by atoms with van der Waals surface area (Å²) in [5.41, 5.74) is 1.63. The molecule has 164 valence electrons. The monoisotopic (exact) mass is 442 g/mol. The molecule has 1 heterocycles. The lowest BCUT2D eigenvalue weighted by Crippen LogP contribution is -2.53. The molecule has 4 bridgehead atoms. The lowest BCUT2D eigenvalue weighted by Gasteiger charge is -2.55. The highest BCUT2D eigenvalue weighted by atomic mass is 32.1. The number of carbonyl (C=O) groups excluding carboxylic acids is 3. The first-order chi connectivity index (χ1) is 15.0. The molecule has 4 saturated carbocycles. The molecule has 1 aromatic heterocycles. The van der Waals surface area contributed by atoms with Gasteiger partial charge in [-0.1, -0.05) is 6.07 Å². The average Bonchev–Trinajstić information content (AvgIpc) is 3.21. The number of anilines is 1. The maximum absolute atomic E-state index is 12.9. The number of benzene rings is 1. The Morgan fingerprint density at radius 3 is 2.48 bits per heavy atom. The third kappa shape index (κ3) is 4.15. The predicted octanol–water partition coefficient (Wildman–Crippen LogP) is 2.90. The molecule has 0 aliphatic heterocycles. The molecule has 1 aromatic carbocycles. The Bertz CT molecular complexity index is 985. The van der Waals surface area contributed by atoms with Crippen LogP contribution in [0.2, 0.25) is 0 Å². The molecule has 2 N–H and O–H groups in total. The van der Waals surface area contributed by atoms with E-state index in [9.17, 15) is 14.4 Å². The van der Waals surface area contributed by atoms with Crippen LogP contribution in [0.1, 0.15) is 44.9 Å². The summed E-state index contributed by atoms with van der Waals surface area (Å²) in [6, 6.07) is 5.31. The minimum Gasteiger partial charge on any atom is -0.456 e. The number of amides is 2. The number of hydrogen-bond donors (Lipinski definition) is 2. The minimum atomic E-state index is -0.505. The Morgan fingerprint density at radius 2 is 1.77 bits per heavy atom. The summed E-state index contributed by atoms with van der Waals surface area (Å²) in [5.74, 6) is 1.26. The highest BCUT2D eigenvalue weighted by molar-refractivity contribution is 7.00. The number of nitrogens with one attached hydrogen (secondary N) is 2. The third-order valence-electron chi connectivity index (χ3n) is 7.06. The van der Waals surface area contributed by atoms with Gasteiger partial charge >= 0.3 is 5.97 Å². The molecular weight excluding hydrogens is 416 g/mol. The van der Waals surface area contributed by atoms with Crippen LogP contribution >= 0.6 is 11.7 Å². The zero-order valence-electron chi connectivity index (χ0n) is 17.3. The van der Waals surface area contributed by atoms with Crippen LogP contribution in [0.4, 0.5) is 5.69 Å². The molecule has 0 saturated heterocycles. The van der Waals surface area contributed by atoms with E-state index >= 15 is 0 Å². The van der Waals surface area contributed by atoms with Crippen molar-refractivity contribution in [3.05, 3.63) is 18.2 Å². The highest BCUT2D eigenvalue weighted by Gasteiger charge is 2.54. The molecule has 2 aromatic rings. The lowest BCUT2D eigenvalue weighted by molar-refractivity contribution is -0.148. The Morgan fingerprint density at radius 1 is 1.06 bits per heavy atom. The number of carbonyl (C=O) groups is 3. The fraction of sp³-hybridized carbons (Fsp3) is 0.591. The van der Waals surface area contributed by atoms with Gasteiger partial charge in [-0.3, -0.25) is 14.4 Å². The van der Waals surface area contributed by atoms with Crippen LogP contribution < -0.4 is 10.6 Å². The molecule has 2 amide bonds. The zero-order valence-corrected chi connectivity index (χ0v) is 18.1. The number of ether oxygens (including phenoxy) is 1. The second kappa shape index (κ2) is 8.18. The third-order valence-corrected chi connectivity index (χ3v) is 7.60. The molecule has 4 aliphatic carbocycles. The molecule has 4 aliphatic rings. The normalized spacial score (nSPS) is 28.5. The van der Waals surface area contributed by atoms with E-state index in [0.29, 0.717) is 34.5 Å². The fourth-order valence-electron chi connectivity index (χ4n) is 6.17. The van der Waals surface area contributed by atoms with Gasteiger partial charge < -0.3 is 15.4 Å². The van der Waals surface area contributed by atoms with E-state index in [0.717, 1.165) is 31.0 Å². The zero-order chi connectivity index (χ0) is 21.4. The molecule has 8 nitrogen and oxygen atoms in total. The van der Waals surface area contributed by atoms with Crippen LogP contribution in [0.15, 0.2) is 18.2 Å². The SMILES string of the molecule is O=C(COC(=O)CCNC(=O)C12CC3CC(CC(C3)C1)C2)Nc1cccc2nsnc12. The molecule has 31 heavy (non-hydrogen) atoms. The molecule has 0 spiro atoms. The summed E-state index contributed by atoms with van der Waals surface area (Å²) in [5, 5.41) is 5.65. The summed E-state index contributed by atoms with van der Waals surface area (Å²) in [6.45, 7) is -0.138. The summed E-state index contributed by atoms with van der Waals surface area (Å²) in [6.07, 6.45) is 6.90. The summed E-state index contributed by atoms with van der Waals surface area (Å²) in [4.78, 5) is 37.0. The van der Waals surface area contributed by atoms with Gasteiger partial charge in [0.25, 0.3) is 5.91 Å². The fourth-order valence-corrected chi connectivity index (χ4v) is 6.72. The van der Waals surface area contributed by atoms with Gasteiger partial charge in [0.05, 0.1) is 23.8 Å². The summed E-state index contributed by atoms with van der Waals surface area (Å²) >= 11 is 1.07. The molecule has 0 unspecified atom stereocenters. The van der Waals surface area contributed by atoms with E-state index in [2.05, 4.69) is 19.4 Å². The van der Waals surface area contributed by atoms with Crippen molar-refractivity contribution < 1.29 is 19.1 Å². The van der Waals surface area contributed by atoms with Gasteiger partial charge in [-0.15, -0.1) is 0 Å². The van der Waals surface area contributed by atoms with Gasteiger partial charge in [0, 0.05) is 12.0 Å². The quantitative estimate of drug-likeness (QED) is 0.638. The molecule has 4 fully saturated rings. The van der Waals surface area contributed by atoms with E-state index in [1.165, 1.54) is 19.3 Å². The summed E-state index contributed by atoms with van der Waals surface area (Å²) < 4.78 is 13.4. The van der Waals surface area contributed by atoms with Crippen LogP contribution in [0, 0.1) is 23.2 Å². The van der Waals surface area contributed by atoms with Crippen LogP contribution in [-0.2, 0) is 19.1 Å². The maximum Gasteiger partial charge on any atom is 0.308 e. The van der Waals surface area contributed by atoms with Crippen molar-refractivity contribution in [1.82, 2.24) is 14.1 Å². The van der Waals surface area contributed by atoms with Crippen molar-refractivity contribution in [3.8, 4) is 0 Å². The molecule has 9 heteroatoms. The van der Waals surface area contributed by atoms with Gasteiger partial charge in [0.2, 0.25) is 5.91 Å². The molecule has 6 rings (SSSR count). The summed E-state index contributed by atoms with van der Waals surface area (Å²) in [7, 11) is 0. The van der Waals surface area contributed by atoms with Gasteiger partial charge in [0.1, 0.15) is 11.0 Å². The second-order valence-corrected chi connectivity index (χ2v) is 9.88. The van der Waals surface area contributed by atoms with Crippen LogP contribution in [0.25, 0.3) is 11.0 Å². The van der Waals surface area contributed by atoms with Crippen molar-refractivity contribution in [2.75, 3.05) is 18.5 Å². The second-order valence-electron chi connectivity index (χ2n) is 9.35. The minimum absolute atomic E-state index is 0.0526. The van der Waals surface area contributed by atoms with Gasteiger partial charge in [-0.2, -0.15) is 8.75 Å². The predicted molar refractivity (Wildman–Crippen MR) is 115 cm³/mol. The van der Waals surface area contributed by atoms with E-state index < -0.39 is 11.9 Å².